The third-order valence-corrected chi connectivity index (χ3v) is 4.33. The zero-order valence-electron chi connectivity index (χ0n) is 16.6. The molecule has 1 amide bonds. The number of methoxy groups -OCH3 is 3. The highest BCUT2D eigenvalue weighted by Crippen LogP contribution is 2.38. The molecule has 6 heteroatoms. The lowest BCUT2D eigenvalue weighted by Crippen LogP contribution is -2.28. The minimum absolute atomic E-state index is 0.179. The number of carbonyl (C=O) groups is 1. The fourth-order valence-electron chi connectivity index (χ4n) is 2.92. The number of hydrogen-bond donors (Lipinski definition) is 0. The third-order valence-electron chi connectivity index (χ3n) is 4.33. The maximum atomic E-state index is 13.0. The van der Waals surface area contributed by atoms with E-state index in [4.69, 9.17) is 18.6 Å². The predicted molar refractivity (Wildman–Crippen MR) is 111 cm³/mol. The number of amides is 1. The Hall–Kier alpha value is -3.67. The minimum atomic E-state index is -0.179. The molecule has 150 valence electrons. The summed E-state index contributed by atoms with van der Waals surface area (Å²) in [4.78, 5) is 14.6. The maximum Gasteiger partial charge on any atom is 0.251 e. The summed E-state index contributed by atoms with van der Waals surface area (Å²) in [5, 5.41) is 0. The largest absolute Gasteiger partial charge is 0.493 e. The maximum absolute atomic E-state index is 13.0. The van der Waals surface area contributed by atoms with E-state index in [1.54, 1.807) is 56.8 Å². The van der Waals surface area contributed by atoms with Crippen molar-refractivity contribution in [2.45, 2.75) is 6.54 Å². The van der Waals surface area contributed by atoms with Crippen molar-refractivity contribution in [3.05, 3.63) is 78.3 Å². The average Bonchev–Trinajstić information content (AvgIpc) is 3.28. The van der Waals surface area contributed by atoms with Crippen LogP contribution in [0.25, 0.3) is 6.08 Å². The van der Waals surface area contributed by atoms with Crippen molar-refractivity contribution in [2.75, 3.05) is 26.2 Å². The van der Waals surface area contributed by atoms with Gasteiger partial charge in [0.05, 0.1) is 34.1 Å². The number of hydrogen-bond acceptors (Lipinski definition) is 5. The summed E-state index contributed by atoms with van der Waals surface area (Å²) in [6, 6.07) is 16.7. The second-order valence-corrected chi connectivity index (χ2v) is 6.13. The SMILES string of the molecule is COc1cc(/C=C/C(=O)N(Cc2ccco2)c2ccccc2)cc(OC)c1OC. The lowest BCUT2D eigenvalue weighted by Gasteiger charge is -2.20. The van der Waals surface area contributed by atoms with Crippen LogP contribution in [0.15, 0.2) is 71.4 Å². The predicted octanol–water partition coefficient (Wildman–Crippen LogP) is 4.55. The summed E-state index contributed by atoms with van der Waals surface area (Å²) >= 11 is 0. The normalized spacial score (nSPS) is 10.7. The topological polar surface area (TPSA) is 61.1 Å². The van der Waals surface area contributed by atoms with Gasteiger partial charge in [0.1, 0.15) is 5.76 Å². The molecule has 0 aliphatic carbocycles. The van der Waals surface area contributed by atoms with E-state index in [1.165, 1.54) is 6.08 Å². The Bertz CT molecular complexity index is 939. The molecular formula is C23H23NO5. The number of anilines is 1. The van der Waals surface area contributed by atoms with Crippen molar-refractivity contribution in [2.24, 2.45) is 0 Å². The molecule has 0 saturated carbocycles. The van der Waals surface area contributed by atoms with Crippen LogP contribution in [0.1, 0.15) is 11.3 Å². The first-order valence-electron chi connectivity index (χ1n) is 9.03. The summed E-state index contributed by atoms with van der Waals surface area (Å²) in [5.74, 6) is 2.07. The van der Waals surface area contributed by atoms with Gasteiger partial charge in [-0.25, -0.2) is 0 Å². The van der Waals surface area contributed by atoms with Crippen LogP contribution in [0.3, 0.4) is 0 Å². The Morgan fingerprint density at radius 2 is 1.66 bits per heavy atom. The Morgan fingerprint density at radius 3 is 2.21 bits per heavy atom. The monoisotopic (exact) mass is 393 g/mol. The molecule has 3 rings (SSSR count). The molecule has 0 unspecified atom stereocenters. The molecule has 0 spiro atoms. The quantitative estimate of drug-likeness (QED) is 0.526. The fraction of sp³-hybridized carbons (Fsp3) is 0.174. The van der Waals surface area contributed by atoms with E-state index in [-0.39, 0.29) is 5.91 Å². The van der Waals surface area contributed by atoms with Gasteiger partial charge in [-0.1, -0.05) is 18.2 Å². The van der Waals surface area contributed by atoms with E-state index in [9.17, 15) is 4.79 Å². The molecule has 0 bridgehead atoms. The van der Waals surface area contributed by atoms with Crippen molar-refractivity contribution in [1.82, 2.24) is 0 Å². The van der Waals surface area contributed by atoms with Crippen LogP contribution in [-0.4, -0.2) is 27.2 Å². The molecule has 1 heterocycles. The Morgan fingerprint density at radius 1 is 0.966 bits per heavy atom. The number of nitrogens with zero attached hydrogens (tertiary/aromatic N) is 1. The van der Waals surface area contributed by atoms with Gasteiger partial charge in [0.15, 0.2) is 11.5 Å². The van der Waals surface area contributed by atoms with Gasteiger partial charge in [-0.05, 0) is 48.0 Å². The van der Waals surface area contributed by atoms with Crippen molar-refractivity contribution < 1.29 is 23.4 Å². The molecule has 0 atom stereocenters. The molecule has 0 aliphatic rings. The van der Waals surface area contributed by atoms with E-state index < -0.39 is 0 Å². The number of para-hydroxylation sites is 1. The summed E-state index contributed by atoms with van der Waals surface area (Å²) in [6.45, 7) is 0.329. The van der Waals surface area contributed by atoms with Crippen LogP contribution in [0.4, 0.5) is 5.69 Å². The van der Waals surface area contributed by atoms with Gasteiger partial charge in [0, 0.05) is 11.8 Å². The molecule has 0 radical (unpaired) electrons. The van der Waals surface area contributed by atoms with Crippen LogP contribution in [-0.2, 0) is 11.3 Å². The second kappa shape index (κ2) is 9.50. The van der Waals surface area contributed by atoms with Crippen molar-refractivity contribution in [3.63, 3.8) is 0 Å². The molecule has 2 aromatic carbocycles. The summed E-state index contributed by atoms with van der Waals surface area (Å²) < 4.78 is 21.5. The molecule has 6 nitrogen and oxygen atoms in total. The number of carbonyl (C=O) groups excluding carboxylic acids is 1. The highest BCUT2D eigenvalue weighted by molar-refractivity contribution is 6.03. The van der Waals surface area contributed by atoms with Gasteiger partial charge < -0.3 is 23.5 Å². The minimum Gasteiger partial charge on any atom is -0.493 e. The van der Waals surface area contributed by atoms with Crippen molar-refractivity contribution >= 4 is 17.7 Å². The number of furan rings is 1. The van der Waals surface area contributed by atoms with Gasteiger partial charge in [-0.3, -0.25) is 4.79 Å². The fourth-order valence-corrected chi connectivity index (χ4v) is 2.92. The molecule has 3 aromatic rings. The molecule has 29 heavy (non-hydrogen) atoms. The zero-order chi connectivity index (χ0) is 20.6. The first kappa shape index (κ1) is 20.1. The van der Waals surface area contributed by atoms with Crippen LogP contribution in [0.5, 0.6) is 17.2 Å². The molecular weight excluding hydrogens is 370 g/mol. The molecule has 1 aromatic heterocycles. The van der Waals surface area contributed by atoms with Gasteiger partial charge in [0.2, 0.25) is 5.75 Å². The average molecular weight is 393 g/mol. The molecule has 0 N–H and O–H groups in total. The highest BCUT2D eigenvalue weighted by Gasteiger charge is 2.16. The van der Waals surface area contributed by atoms with Gasteiger partial charge in [-0.2, -0.15) is 0 Å². The third kappa shape index (κ3) is 4.79. The molecule has 0 aliphatic heterocycles. The van der Waals surface area contributed by atoms with E-state index in [0.29, 0.717) is 29.6 Å². The number of ether oxygens (including phenoxy) is 3. The standard InChI is InChI=1S/C23H23NO5/c1-26-20-14-17(15-21(27-2)23(20)28-3)11-12-22(25)24(16-19-10-7-13-29-19)18-8-5-4-6-9-18/h4-15H,16H2,1-3H3/b12-11+. The van der Waals surface area contributed by atoms with Crippen LogP contribution >= 0.6 is 0 Å². The Labute approximate surface area is 169 Å². The highest BCUT2D eigenvalue weighted by atomic mass is 16.5. The molecule has 0 saturated heterocycles. The smallest absolute Gasteiger partial charge is 0.251 e. The first-order valence-corrected chi connectivity index (χ1v) is 9.03. The van der Waals surface area contributed by atoms with Crippen LogP contribution in [0, 0.1) is 0 Å². The zero-order valence-corrected chi connectivity index (χ0v) is 16.6. The van der Waals surface area contributed by atoms with Crippen molar-refractivity contribution in [1.29, 1.82) is 0 Å². The van der Waals surface area contributed by atoms with Gasteiger partial charge in [0.25, 0.3) is 5.91 Å². The second-order valence-electron chi connectivity index (χ2n) is 6.13. The van der Waals surface area contributed by atoms with Crippen LogP contribution in [0.2, 0.25) is 0 Å². The lowest BCUT2D eigenvalue weighted by atomic mass is 10.1. The van der Waals surface area contributed by atoms with E-state index >= 15 is 0 Å². The van der Waals surface area contributed by atoms with E-state index in [2.05, 4.69) is 0 Å². The van der Waals surface area contributed by atoms with Crippen molar-refractivity contribution in [3.8, 4) is 17.2 Å². The summed E-state index contributed by atoms with van der Waals surface area (Å²) in [6.07, 6.45) is 4.82. The number of benzene rings is 2. The Balaban J connectivity index is 1.88. The van der Waals surface area contributed by atoms with Gasteiger partial charge in [-0.15, -0.1) is 0 Å². The number of rotatable bonds is 8. The van der Waals surface area contributed by atoms with E-state index in [0.717, 1.165) is 11.3 Å². The lowest BCUT2D eigenvalue weighted by molar-refractivity contribution is -0.114. The first-order chi connectivity index (χ1) is 14.2. The molecule has 0 fully saturated rings. The summed E-state index contributed by atoms with van der Waals surface area (Å²) in [5.41, 5.74) is 1.53. The summed E-state index contributed by atoms with van der Waals surface area (Å²) in [7, 11) is 4.65. The Kier molecular flexibility index (Phi) is 6.58. The van der Waals surface area contributed by atoms with Crippen LogP contribution < -0.4 is 19.1 Å². The van der Waals surface area contributed by atoms with Gasteiger partial charge >= 0.3 is 0 Å². The van der Waals surface area contributed by atoms with E-state index in [1.807, 2.05) is 36.4 Å².